The summed E-state index contributed by atoms with van der Waals surface area (Å²) in [5, 5.41) is 9.69. The summed E-state index contributed by atoms with van der Waals surface area (Å²) in [6.45, 7) is 0. The van der Waals surface area contributed by atoms with E-state index < -0.39 is 11.7 Å². The standard InChI is InChI=1S/C19H18F3N3O2/c20-19(21,22)12-1-8-18(23-10-12)27-15-6-7-16-17(9-15)25(11-24-16)13-2-4-14(26)5-3-13/h1,6-11,13-14,26H,2-5H2. The lowest BCUT2D eigenvalue weighted by Crippen LogP contribution is -2.20. The van der Waals surface area contributed by atoms with E-state index in [-0.39, 0.29) is 18.0 Å². The van der Waals surface area contributed by atoms with Gasteiger partial charge >= 0.3 is 6.18 Å². The zero-order valence-corrected chi connectivity index (χ0v) is 14.4. The third-order valence-electron chi connectivity index (χ3n) is 4.89. The van der Waals surface area contributed by atoms with Gasteiger partial charge in [-0.3, -0.25) is 0 Å². The van der Waals surface area contributed by atoms with Crippen LogP contribution in [0.1, 0.15) is 37.3 Å². The Morgan fingerprint density at radius 3 is 2.48 bits per heavy atom. The zero-order valence-electron chi connectivity index (χ0n) is 14.4. The Labute approximate surface area is 153 Å². The molecule has 2 heterocycles. The second-order valence-electron chi connectivity index (χ2n) is 6.75. The van der Waals surface area contributed by atoms with Crippen LogP contribution in [0.25, 0.3) is 11.0 Å². The number of alkyl halides is 3. The van der Waals surface area contributed by atoms with Crippen molar-refractivity contribution >= 4 is 11.0 Å². The SMILES string of the molecule is OC1CCC(n2cnc3ccc(Oc4ccc(C(F)(F)F)cn4)cc32)CC1. The molecule has 0 spiro atoms. The Bertz CT molecular complexity index is 930. The Kier molecular flexibility index (Phi) is 4.51. The Balaban J connectivity index is 1.57. The van der Waals surface area contributed by atoms with Crippen LogP contribution in [0.5, 0.6) is 11.6 Å². The van der Waals surface area contributed by atoms with Gasteiger partial charge in [0.2, 0.25) is 5.88 Å². The monoisotopic (exact) mass is 377 g/mol. The van der Waals surface area contributed by atoms with Crippen molar-refractivity contribution in [2.75, 3.05) is 0 Å². The van der Waals surface area contributed by atoms with Crippen molar-refractivity contribution in [3.8, 4) is 11.6 Å². The quantitative estimate of drug-likeness (QED) is 0.718. The maximum absolute atomic E-state index is 12.6. The molecule has 8 heteroatoms. The van der Waals surface area contributed by atoms with Gasteiger partial charge in [0, 0.05) is 24.4 Å². The van der Waals surface area contributed by atoms with Gasteiger partial charge in [0.25, 0.3) is 0 Å². The first-order chi connectivity index (χ1) is 12.9. The number of hydrogen-bond donors (Lipinski definition) is 1. The molecule has 5 nitrogen and oxygen atoms in total. The number of nitrogens with zero attached hydrogens (tertiary/aromatic N) is 3. The number of imidazole rings is 1. The smallest absolute Gasteiger partial charge is 0.417 e. The molecule has 2 aromatic heterocycles. The van der Waals surface area contributed by atoms with Gasteiger partial charge in [-0.05, 0) is 43.9 Å². The molecule has 1 aliphatic rings. The fraction of sp³-hybridized carbons (Fsp3) is 0.368. The largest absolute Gasteiger partial charge is 0.439 e. The number of benzene rings is 1. The predicted molar refractivity (Wildman–Crippen MR) is 92.6 cm³/mol. The average molecular weight is 377 g/mol. The van der Waals surface area contributed by atoms with E-state index in [1.165, 1.54) is 6.07 Å². The minimum absolute atomic E-state index is 0.0919. The van der Waals surface area contributed by atoms with Gasteiger partial charge in [-0.2, -0.15) is 13.2 Å². The number of pyridine rings is 1. The van der Waals surface area contributed by atoms with E-state index in [4.69, 9.17) is 4.74 Å². The molecule has 0 bridgehead atoms. The summed E-state index contributed by atoms with van der Waals surface area (Å²) >= 11 is 0. The number of halogens is 3. The van der Waals surface area contributed by atoms with Gasteiger partial charge in [0.05, 0.1) is 29.0 Å². The highest BCUT2D eigenvalue weighted by molar-refractivity contribution is 5.77. The number of aliphatic hydroxyl groups excluding tert-OH is 1. The van der Waals surface area contributed by atoms with E-state index in [0.29, 0.717) is 5.75 Å². The van der Waals surface area contributed by atoms with Crippen molar-refractivity contribution in [1.29, 1.82) is 0 Å². The van der Waals surface area contributed by atoms with Crippen molar-refractivity contribution < 1.29 is 23.0 Å². The highest BCUT2D eigenvalue weighted by Gasteiger charge is 2.30. The van der Waals surface area contributed by atoms with Crippen molar-refractivity contribution in [3.63, 3.8) is 0 Å². The third-order valence-corrected chi connectivity index (χ3v) is 4.89. The molecule has 1 N–H and O–H groups in total. The maximum Gasteiger partial charge on any atom is 0.417 e. The first kappa shape index (κ1) is 17.8. The lowest BCUT2D eigenvalue weighted by atomic mass is 9.93. The van der Waals surface area contributed by atoms with E-state index >= 15 is 0 Å². The molecule has 1 aliphatic carbocycles. The topological polar surface area (TPSA) is 60.2 Å². The van der Waals surface area contributed by atoms with Gasteiger partial charge in [0.1, 0.15) is 5.75 Å². The molecule has 1 saturated carbocycles. The molecule has 1 aromatic carbocycles. The van der Waals surface area contributed by atoms with Crippen LogP contribution < -0.4 is 4.74 Å². The lowest BCUT2D eigenvalue weighted by Gasteiger charge is -2.26. The summed E-state index contributed by atoms with van der Waals surface area (Å²) in [6.07, 6.45) is 1.14. The third kappa shape index (κ3) is 3.75. The number of rotatable bonds is 3. The number of aromatic nitrogens is 3. The highest BCUT2D eigenvalue weighted by Crippen LogP contribution is 2.33. The van der Waals surface area contributed by atoms with E-state index in [0.717, 1.165) is 49.0 Å². The Hall–Kier alpha value is -2.61. The van der Waals surface area contributed by atoms with Crippen LogP contribution in [0, 0.1) is 0 Å². The highest BCUT2D eigenvalue weighted by atomic mass is 19.4. The van der Waals surface area contributed by atoms with E-state index in [2.05, 4.69) is 14.5 Å². The minimum Gasteiger partial charge on any atom is -0.439 e. The molecule has 0 radical (unpaired) electrons. The molecule has 142 valence electrons. The predicted octanol–water partition coefficient (Wildman–Crippen LogP) is 4.72. The first-order valence-corrected chi connectivity index (χ1v) is 8.76. The molecular weight excluding hydrogens is 359 g/mol. The Morgan fingerprint density at radius 1 is 1.04 bits per heavy atom. The van der Waals surface area contributed by atoms with Gasteiger partial charge in [0.15, 0.2) is 0 Å². The molecular formula is C19H18F3N3O2. The second-order valence-corrected chi connectivity index (χ2v) is 6.75. The molecule has 4 rings (SSSR count). The number of aliphatic hydroxyl groups is 1. The summed E-state index contributed by atoms with van der Waals surface area (Å²) < 4.78 is 45.6. The van der Waals surface area contributed by atoms with Crippen molar-refractivity contribution in [2.45, 2.75) is 44.0 Å². The normalized spacial score (nSPS) is 20.7. The van der Waals surface area contributed by atoms with Crippen LogP contribution in [-0.4, -0.2) is 25.7 Å². The second kappa shape index (κ2) is 6.84. The van der Waals surface area contributed by atoms with Crippen LogP contribution in [0.2, 0.25) is 0 Å². The van der Waals surface area contributed by atoms with Crippen molar-refractivity contribution in [2.24, 2.45) is 0 Å². The Morgan fingerprint density at radius 2 is 1.81 bits per heavy atom. The summed E-state index contributed by atoms with van der Waals surface area (Å²) in [7, 11) is 0. The molecule has 0 amide bonds. The first-order valence-electron chi connectivity index (χ1n) is 8.76. The van der Waals surface area contributed by atoms with Crippen LogP contribution in [-0.2, 0) is 6.18 Å². The summed E-state index contributed by atoms with van der Waals surface area (Å²) in [4.78, 5) is 8.14. The van der Waals surface area contributed by atoms with E-state index in [1.54, 1.807) is 12.4 Å². The summed E-state index contributed by atoms with van der Waals surface area (Å²) in [5.41, 5.74) is 0.887. The van der Waals surface area contributed by atoms with Crippen LogP contribution in [0.3, 0.4) is 0 Å². The summed E-state index contributed by atoms with van der Waals surface area (Å²) in [6, 6.07) is 7.74. The number of ether oxygens (including phenoxy) is 1. The van der Waals surface area contributed by atoms with E-state index in [9.17, 15) is 18.3 Å². The lowest BCUT2D eigenvalue weighted by molar-refractivity contribution is -0.137. The molecule has 0 unspecified atom stereocenters. The zero-order chi connectivity index (χ0) is 19.0. The fourth-order valence-corrected chi connectivity index (χ4v) is 3.43. The number of fused-ring (bicyclic) bond motifs is 1. The number of hydrogen-bond acceptors (Lipinski definition) is 4. The summed E-state index contributed by atoms with van der Waals surface area (Å²) in [5.74, 6) is 0.571. The molecule has 0 saturated heterocycles. The minimum atomic E-state index is -4.43. The van der Waals surface area contributed by atoms with Crippen molar-refractivity contribution in [3.05, 3.63) is 48.4 Å². The fourth-order valence-electron chi connectivity index (χ4n) is 3.43. The average Bonchev–Trinajstić information content (AvgIpc) is 3.05. The van der Waals surface area contributed by atoms with Gasteiger partial charge < -0.3 is 14.4 Å². The van der Waals surface area contributed by atoms with Crippen LogP contribution >= 0.6 is 0 Å². The molecule has 0 aliphatic heterocycles. The van der Waals surface area contributed by atoms with Gasteiger partial charge in [-0.15, -0.1) is 0 Å². The molecule has 0 atom stereocenters. The van der Waals surface area contributed by atoms with Crippen LogP contribution in [0.15, 0.2) is 42.9 Å². The molecule has 3 aromatic rings. The molecule has 27 heavy (non-hydrogen) atoms. The molecule has 1 fully saturated rings. The van der Waals surface area contributed by atoms with Gasteiger partial charge in [-0.25, -0.2) is 9.97 Å². The van der Waals surface area contributed by atoms with Crippen molar-refractivity contribution in [1.82, 2.24) is 14.5 Å². The van der Waals surface area contributed by atoms with Gasteiger partial charge in [-0.1, -0.05) is 0 Å². The van der Waals surface area contributed by atoms with E-state index in [1.807, 2.05) is 12.1 Å². The van der Waals surface area contributed by atoms with Crippen LogP contribution in [0.4, 0.5) is 13.2 Å². The maximum atomic E-state index is 12.6.